The Hall–Kier alpha value is -2.08. The highest BCUT2D eigenvalue weighted by atomic mass is 35.5. The number of imidazole rings is 1. The van der Waals surface area contributed by atoms with Crippen LogP contribution in [0.3, 0.4) is 0 Å². The fourth-order valence-electron chi connectivity index (χ4n) is 1.51. The number of carbonyl (C=O) groups excluding carboxylic acids is 1. The second-order valence-electron chi connectivity index (χ2n) is 3.61. The Morgan fingerprint density at radius 2 is 2.17 bits per heavy atom. The van der Waals surface area contributed by atoms with E-state index in [-0.39, 0.29) is 24.3 Å². The normalized spacial score (nSPS) is 9.78. The number of nitrogens with two attached hydrogens (primary N) is 1. The number of halogens is 1. The van der Waals surface area contributed by atoms with Crippen LogP contribution in [0, 0.1) is 5.41 Å². The lowest BCUT2D eigenvalue weighted by molar-refractivity contribution is 0.243. The van der Waals surface area contributed by atoms with Gasteiger partial charge < -0.3 is 11.1 Å². The van der Waals surface area contributed by atoms with Crippen molar-refractivity contribution >= 4 is 35.3 Å². The second kappa shape index (κ2) is 6.02. The van der Waals surface area contributed by atoms with E-state index in [2.05, 4.69) is 10.3 Å². The van der Waals surface area contributed by atoms with Crippen molar-refractivity contribution in [3.63, 3.8) is 0 Å². The minimum atomic E-state index is -0.264. The summed E-state index contributed by atoms with van der Waals surface area (Å²) in [7, 11) is 0. The van der Waals surface area contributed by atoms with Crippen LogP contribution in [0.5, 0.6) is 0 Å². The first kappa shape index (κ1) is 14.0. The Bertz CT molecular complexity index is 565. The number of carbonyl (C=O) groups is 1. The maximum Gasteiger partial charge on any atom is 0.327 e. The zero-order valence-corrected chi connectivity index (χ0v) is 10.4. The monoisotopic (exact) mass is 267 g/mol. The van der Waals surface area contributed by atoms with Crippen LogP contribution in [0.1, 0.15) is 6.42 Å². The van der Waals surface area contributed by atoms with Crippen molar-refractivity contribution in [2.24, 2.45) is 5.73 Å². The highest BCUT2D eigenvalue weighted by Crippen LogP contribution is 2.10. The molecule has 1 heterocycles. The van der Waals surface area contributed by atoms with Gasteiger partial charge in [-0.3, -0.25) is 9.98 Å². The molecule has 2 aromatic rings. The van der Waals surface area contributed by atoms with E-state index in [1.807, 2.05) is 24.3 Å². The average Bonchev–Trinajstić information content (AvgIpc) is 2.72. The van der Waals surface area contributed by atoms with Crippen molar-refractivity contribution in [3.05, 3.63) is 30.6 Å². The Morgan fingerprint density at radius 1 is 1.44 bits per heavy atom. The third-order valence-electron chi connectivity index (χ3n) is 2.34. The molecule has 6 nitrogen and oxygen atoms in total. The van der Waals surface area contributed by atoms with Gasteiger partial charge in [0.1, 0.15) is 6.33 Å². The van der Waals surface area contributed by atoms with Crippen LogP contribution in [0.15, 0.2) is 30.6 Å². The lowest BCUT2D eigenvalue weighted by atomic mass is 10.3. The number of para-hydroxylation sites is 2. The molecule has 0 radical (unpaired) electrons. The summed E-state index contributed by atoms with van der Waals surface area (Å²) in [5, 5.41) is 9.72. The van der Waals surface area contributed by atoms with Gasteiger partial charge in [0, 0.05) is 13.0 Å². The van der Waals surface area contributed by atoms with Crippen LogP contribution in [0.25, 0.3) is 11.0 Å². The molecule has 0 saturated carbocycles. The van der Waals surface area contributed by atoms with Crippen LogP contribution < -0.4 is 11.1 Å². The number of aromatic nitrogens is 2. The summed E-state index contributed by atoms with van der Waals surface area (Å²) in [6, 6.07) is 7.12. The van der Waals surface area contributed by atoms with E-state index in [0.717, 1.165) is 11.0 Å². The number of hydrogen-bond acceptors (Lipinski definition) is 3. The molecule has 0 unspecified atom stereocenters. The molecule has 0 aliphatic carbocycles. The molecule has 1 aromatic heterocycles. The van der Waals surface area contributed by atoms with E-state index in [1.54, 1.807) is 0 Å². The fourth-order valence-corrected chi connectivity index (χ4v) is 1.51. The van der Waals surface area contributed by atoms with Gasteiger partial charge in [-0.2, -0.15) is 0 Å². The van der Waals surface area contributed by atoms with Crippen molar-refractivity contribution in [1.82, 2.24) is 14.9 Å². The van der Waals surface area contributed by atoms with Gasteiger partial charge in [-0.1, -0.05) is 12.1 Å². The SMILES string of the molecule is Cl.N=C(N)CCNC(=O)n1cnc2ccccc21. The summed E-state index contributed by atoms with van der Waals surface area (Å²) in [6.45, 7) is 0.348. The van der Waals surface area contributed by atoms with E-state index in [4.69, 9.17) is 11.1 Å². The van der Waals surface area contributed by atoms with Gasteiger partial charge in [-0.25, -0.2) is 9.78 Å². The minimum Gasteiger partial charge on any atom is -0.388 e. The van der Waals surface area contributed by atoms with Gasteiger partial charge in [0.2, 0.25) is 0 Å². The van der Waals surface area contributed by atoms with Crippen molar-refractivity contribution in [2.45, 2.75) is 6.42 Å². The molecule has 18 heavy (non-hydrogen) atoms. The third kappa shape index (κ3) is 2.98. The van der Waals surface area contributed by atoms with Crippen molar-refractivity contribution < 1.29 is 4.79 Å². The minimum absolute atomic E-state index is 0. The van der Waals surface area contributed by atoms with Crippen molar-refractivity contribution in [2.75, 3.05) is 6.54 Å². The number of nitrogens with zero attached hydrogens (tertiary/aromatic N) is 2. The molecule has 0 fully saturated rings. The van der Waals surface area contributed by atoms with Crippen LogP contribution >= 0.6 is 12.4 Å². The first-order valence-corrected chi connectivity index (χ1v) is 5.21. The molecule has 2 rings (SSSR count). The number of nitrogens with one attached hydrogen (secondary N) is 2. The molecule has 0 spiro atoms. The second-order valence-corrected chi connectivity index (χ2v) is 3.61. The van der Waals surface area contributed by atoms with Gasteiger partial charge in [0.25, 0.3) is 0 Å². The van der Waals surface area contributed by atoms with Crippen molar-refractivity contribution in [1.29, 1.82) is 5.41 Å². The summed E-state index contributed by atoms with van der Waals surface area (Å²) in [5.41, 5.74) is 6.73. The largest absolute Gasteiger partial charge is 0.388 e. The van der Waals surface area contributed by atoms with E-state index in [1.165, 1.54) is 10.9 Å². The number of amidine groups is 1. The maximum atomic E-state index is 11.8. The standard InChI is InChI=1S/C11H13N5O.ClH/c12-10(13)5-6-14-11(17)16-7-15-8-3-1-2-4-9(8)16;/h1-4,7H,5-6H2,(H3,12,13)(H,14,17);1H. The van der Waals surface area contributed by atoms with Gasteiger partial charge in [-0.15, -0.1) is 12.4 Å². The summed E-state index contributed by atoms with van der Waals surface area (Å²) in [4.78, 5) is 15.9. The number of benzene rings is 1. The molecule has 7 heteroatoms. The van der Waals surface area contributed by atoms with E-state index in [9.17, 15) is 4.79 Å². The topological polar surface area (TPSA) is 96.8 Å². The molecule has 0 atom stereocenters. The lowest BCUT2D eigenvalue weighted by Gasteiger charge is -2.05. The zero-order valence-electron chi connectivity index (χ0n) is 9.59. The van der Waals surface area contributed by atoms with Gasteiger partial charge in [-0.05, 0) is 12.1 Å². The first-order chi connectivity index (χ1) is 8.18. The smallest absolute Gasteiger partial charge is 0.327 e. The summed E-state index contributed by atoms with van der Waals surface area (Å²) in [6.07, 6.45) is 1.83. The Balaban J connectivity index is 0.00000162. The van der Waals surface area contributed by atoms with E-state index >= 15 is 0 Å². The van der Waals surface area contributed by atoms with Gasteiger partial charge in [0.05, 0.1) is 16.9 Å². The number of rotatable bonds is 3. The molecule has 96 valence electrons. The molecule has 4 N–H and O–H groups in total. The van der Waals surface area contributed by atoms with E-state index < -0.39 is 0 Å². The Morgan fingerprint density at radius 3 is 2.89 bits per heavy atom. The van der Waals surface area contributed by atoms with Gasteiger partial charge >= 0.3 is 6.03 Å². The maximum absolute atomic E-state index is 11.8. The molecular weight excluding hydrogens is 254 g/mol. The summed E-state index contributed by atoms with van der Waals surface area (Å²) in [5.74, 6) is 0.0563. The number of fused-ring (bicyclic) bond motifs is 1. The van der Waals surface area contributed by atoms with Gasteiger partial charge in [0.15, 0.2) is 0 Å². The average molecular weight is 268 g/mol. The van der Waals surface area contributed by atoms with Crippen LogP contribution in [0.4, 0.5) is 4.79 Å². The molecule has 0 aliphatic heterocycles. The third-order valence-corrected chi connectivity index (χ3v) is 2.34. The lowest BCUT2D eigenvalue weighted by Crippen LogP contribution is -2.31. The first-order valence-electron chi connectivity index (χ1n) is 5.21. The molecule has 1 aromatic carbocycles. The predicted molar refractivity (Wildman–Crippen MR) is 72.3 cm³/mol. The molecule has 0 saturated heterocycles. The zero-order chi connectivity index (χ0) is 12.3. The van der Waals surface area contributed by atoms with Crippen LogP contribution in [-0.2, 0) is 0 Å². The number of amides is 1. The van der Waals surface area contributed by atoms with Crippen LogP contribution in [-0.4, -0.2) is 28.0 Å². The Labute approximate surface area is 110 Å². The highest BCUT2D eigenvalue weighted by Gasteiger charge is 2.08. The fraction of sp³-hybridized carbons (Fsp3) is 0.182. The van der Waals surface area contributed by atoms with Crippen molar-refractivity contribution in [3.8, 4) is 0 Å². The highest BCUT2D eigenvalue weighted by molar-refractivity contribution is 5.89. The summed E-state index contributed by atoms with van der Waals surface area (Å²) < 4.78 is 1.44. The molecule has 0 aliphatic rings. The number of hydrogen-bond donors (Lipinski definition) is 3. The van der Waals surface area contributed by atoms with E-state index in [0.29, 0.717) is 13.0 Å². The molecular formula is C11H14ClN5O. The Kier molecular flexibility index (Phi) is 4.67. The molecule has 1 amide bonds. The predicted octanol–water partition coefficient (Wildman–Crippen LogP) is 1.34. The molecule has 0 bridgehead atoms. The quantitative estimate of drug-likeness (QED) is 0.578. The summed E-state index contributed by atoms with van der Waals surface area (Å²) >= 11 is 0. The van der Waals surface area contributed by atoms with Crippen LogP contribution in [0.2, 0.25) is 0 Å².